The summed E-state index contributed by atoms with van der Waals surface area (Å²) in [5, 5.41) is 2.75. The Morgan fingerprint density at radius 3 is 2.27 bits per heavy atom. The van der Waals surface area contributed by atoms with Crippen molar-refractivity contribution in [2.75, 3.05) is 5.32 Å². The molecule has 0 saturated heterocycles. The van der Waals surface area contributed by atoms with Crippen molar-refractivity contribution in [3.05, 3.63) is 95.8 Å². The van der Waals surface area contributed by atoms with Crippen LogP contribution < -0.4 is 5.32 Å². The molecule has 30 heavy (non-hydrogen) atoms. The van der Waals surface area contributed by atoms with Crippen LogP contribution in [0.15, 0.2) is 79.0 Å². The number of carbonyl (C=O) groups excluding carboxylic acids is 2. The van der Waals surface area contributed by atoms with E-state index in [1.54, 1.807) is 4.40 Å². The lowest BCUT2D eigenvalue weighted by molar-refractivity contribution is -0.112. The molecule has 0 atom stereocenters. The van der Waals surface area contributed by atoms with Crippen LogP contribution in [-0.4, -0.2) is 16.1 Å². The molecule has 0 aliphatic carbocycles. The van der Waals surface area contributed by atoms with E-state index in [4.69, 9.17) is 0 Å². The Balaban J connectivity index is 1.70. The van der Waals surface area contributed by atoms with Gasteiger partial charge in [-0.3, -0.25) is 9.59 Å². The topological polar surface area (TPSA) is 50.6 Å². The van der Waals surface area contributed by atoms with Gasteiger partial charge in [0.25, 0.3) is 11.7 Å². The minimum atomic E-state index is -0.649. The number of benzene rings is 2. The van der Waals surface area contributed by atoms with Crippen molar-refractivity contribution < 1.29 is 9.59 Å². The molecule has 4 aromatic rings. The van der Waals surface area contributed by atoms with Gasteiger partial charge in [0.1, 0.15) is 5.69 Å². The molecule has 0 fully saturated rings. The Bertz CT molecular complexity index is 1220. The van der Waals surface area contributed by atoms with Gasteiger partial charge in [0.15, 0.2) is 0 Å². The maximum atomic E-state index is 13.2. The standard InChI is InChI=1S/C26H24N2O2/c1-17(2)19-11-13-21(14-12-19)27-26(30)25(29)24-23(20-9-7-18(3)8-10-20)16-22-6-4-5-15-28(22)24/h4-17H,1-3H3,(H,27,30). The number of aryl methyl sites for hydroxylation is 1. The number of fused-ring (bicyclic) bond motifs is 1. The van der Waals surface area contributed by atoms with Crippen molar-refractivity contribution >= 4 is 22.9 Å². The number of Topliss-reactive ketones (excluding diaryl/α,β-unsaturated/α-hetero) is 1. The molecule has 0 unspecified atom stereocenters. The van der Waals surface area contributed by atoms with E-state index in [0.717, 1.165) is 22.2 Å². The predicted octanol–water partition coefficient (Wildman–Crippen LogP) is 5.86. The highest BCUT2D eigenvalue weighted by atomic mass is 16.2. The van der Waals surface area contributed by atoms with Gasteiger partial charge in [-0.2, -0.15) is 0 Å². The Hall–Kier alpha value is -3.66. The van der Waals surface area contributed by atoms with Crippen molar-refractivity contribution in [1.82, 2.24) is 4.40 Å². The van der Waals surface area contributed by atoms with Gasteiger partial charge in [-0.1, -0.05) is 61.9 Å². The van der Waals surface area contributed by atoms with Gasteiger partial charge in [0.2, 0.25) is 0 Å². The van der Waals surface area contributed by atoms with Crippen LogP contribution in [-0.2, 0) is 4.79 Å². The lowest BCUT2D eigenvalue weighted by Crippen LogP contribution is -2.24. The number of hydrogen-bond donors (Lipinski definition) is 1. The van der Waals surface area contributed by atoms with Gasteiger partial charge in [-0.15, -0.1) is 0 Å². The zero-order chi connectivity index (χ0) is 21.3. The van der Waals surface area contributed by atoms with Crippen LogP contribution >= 0.6 is 0 Å². The van der Waals surface area contributed by atoms with E-state index >= 15 is 0 Å². The third kappa shape index (κ3) is 3.77. The number of aromatic nitrogens is 1. The van der Waals surface area contributed by atoms with Gasteiger partial charge >= 0.3 is 0 Å². The summed E-state index contributed by atoms with van der Waals surface area (Å²) in [4.78, 5) is 26.1. The second-order valence-corrected chi connectivity index (χ2v) is 7.83. The lowest BCUT2D eigenvalue weighted by Gasteiger charge is -2.09. The van der Waals surface area contributed by atoms with E-state index in [2.05, 4.69) is 19.2 Å². The average Bonchev–Trinajstić information content (AvgIpc) is 3.13. The van der Waals surface area contributed by atoms with Gasteiger partial charge in [0.05, 0.1) is 0 Å². The fourth-order valence-electron chi connectivity index (χ4n) is 3.56. The molecule has 2 aromatic carbocycles. The second-order valence-electron chi connectivity index (χ2n) is 7.83. The van der Waals surface area contributed by atoms with Crippen LogP contribution in [0.3, 0.4) is 0 Å². The number of nitrogens with zero attached hydrogens (tertiary/aromatic N) is 1. The summed E-state index contributed by atoms with van der Waals surface area (Å²) in [7, 11) is 0. The summed E-state index contributed by atoms with van der Waals surface area (Å²) >= 11 is 0. The van der Waals surface area contributed by atoms with Crippen molar-refractivity contribution in [1.29, 1.82) is 0 Å². The summed E-state index contributed by atoms with van der Waals surface area (Å²) in [6.45, 7) is 6.24. The molecule has 4 nitrogen and oxygen atoms in total. The first-order valence-electron chi connectivity index (χ1n) is 10.1. The fraction of sp³-hybridized carbons (Fsp3) is 0.154. The number of nitrogens with one attached hydrogen (secondary N) is 1. The van der Waals surface area contributed by atoms with Crippen molar-refractivity contribution in [2.45, 2.75) is 26.7 Å². The van der Waals surface area contributed by atoms with E-state index in [1.165, 1.54) is 5.56 Å². The largest absolute Gasteiger partial charge is 0.319 e. The molecule has 0 aliphatic heterocycles. The first kappa shape index (κ1) is 19.6. The van der Waals surface area contributed by atoms with Crippen LogP contribution in [0, 0.1) is 6.92 Å². The number of hydrogen-bond acceptors (Lipinski definition) is 2. The molecule has 1 amide bonds. The van der Waals surface area contributed by atoms with Crippen molar-refractivity contribution in [2.24, 2.45) is 0 Å². The Morgan fingerprint density at radius 2 is 1.60 bits per heavy atom. The van der Waals surface area contributed by atoms with Gasteiger partial charge in [0, 0.05) is 23.0 Å². The number of carbonyl (C=O) groups is 2. The summed E-state index contributed by atoms with van der Waals surface area (Å²) < 4.78 is 1.78. The van der Waals surface area contributed by atoms with E-state index in [9.17, 15) is 9.59 Å². The third-order valence-electron chi connectivity index (χ3n) is 5.30. The molecule has 0 spiro atoms. The van der Waals surface area contributed by atoms with Crippen LogP contribution in [0.25, 0.3) is 16.6 Å². The molecule has 0 radical (unpaired) electrons. The Labute approximate surface area is 176 Å². The average molecular weight is 396 g/mol. The molecular weight excluding hydrogens is 372 g/mol. The first-order valence-corrected chi connectivity index (χ1v) is 10.1. The van der Waals surface area contributed by atoms with Crippen LogP contribution in [0.1, 0.15) is 41.4 Å². The second kappa shape index (κ2) is 7.99. The summed E-state index contributed by atoms with van der Waals surface area (Å²) in [5.74, 6) is -0.810. The van der Waals surface area contributed by atoms with E-state index in [0.29, 0.717) is 17.3 Å². The molecule has 150 valence electrons. The molecule has 4 heteroatoms. The molecule has 4 rings (SSSR count). The highest BCUT2D eigenvalue weighted by Crippen LogP contribution is 2.29. The minimum Gasteiger partial charge on any atom is -0.319 e. The smallest absolute Gasteiger partial charge is 0.298 e. The maximum absolute atomic E-state index is 13.2. The van der Waals surface area contributed by atoms with Gasteiger partial charge in [-0.25, -0.2) is 0 Å². The molecule has 0 saturated carbocycles. The normalized spacial score (nSPS) is 11.1. The van der Waals surface area contributed by atoms with Gasteiger partial charge in [-0.05, 0) is 54.3 Å². The van der Waals surface area contributed by atoms with Crippen LogP contribution in [0.2, 0.25) is 0 Å². The number of rotatable bonds is 5. The highest BCUT2D eigenvalue weighted by molar-refractivity contribution is 6.47. The lowest BCUT2D eigenvalue weighted by atomic mass is 10.0. The minimum absolute atomic E-state index is 0.366. The number of anilines is 1. The van der Waals surface area contributed by atoms with E-state index in [-0.39, 0.29) is 0 Å². The van der Waals surface area contributed by atoms with Crippen molar-refractivity contribution in [3.63, 3.8) is 0 Å². The molecule has 1 N–H and O–H groups in total. The number of ketones is 1. The summed E-state index contributed by atoms with van der Waals surface area (Å²) in [6.07, 6.45) is 1.81. The first-order chi connectivity index (χ1) is 14.4. The third-order valence-corrected chi connectivity index (χ3v) is 5.30. The van der Waals surface area contributed by atoms with E-state index < -0.39 is 11.7 Å². The number of pyridine rings is 1. The number of amides is 1. The quantitative estimate of drug-likeness (QED) is 0.339. The maximum Gasteiger partial charge on any atom is 0.298 e. The summed E-state index contributed by atoms with van der Waals surface area (Å²) in [6, 6.07) is 23.2. The Kier molecular flexibility index (Phi) is 5.23. The molecular formula is C26H24N2O2. The zero-order valence-electron chi connectivity index (χ0n) is 17.3. The van der Waals surface area contributed by atoms with Crippen LogP contribution in [0.5, 0.6) is 0 Å². The monoisotopic (exact) mass is 396 g/mol. The summed E-state index contributed by atoms with van der Waals surface area (Å²) in [5.41, 5.74) is 5.81. The van der Waals surface area contributed by atoms with Crippen molar-refractivity contribution in [3.8, 4) is 11.1 Å². The molecule has 2 aromatic heterocycles. The predicted molar refractivity (Wildman–Crippen MR) is 121 cm³/mol. The highest BCUT2D eigenvalue weighted by Gasteiger charge is 2.24. The Morgan fingerprint density at radius 1 is 0.900 bits per heavy atom. The molecule has 2 heterocycles. The van der Waals surface area contributed by atoms with E-state index in [1.807, 2.05) is 85.9 Å². The zero-order valence-corrected chi connectivity index (χ0v) is 17.3. The van der Waals surface area contributed by atoms with Gasteiger partial charge < -0.3 is 9.72 Å². The SMILES string of the molecule is Cc1ccc(-c2cc3ccccn3c2C(=O)C(=O)Nc2ccc(C(C)C)cc2)cc1. The molecule has 0 bridgehead atoms. The fourth-order valence-corrected chi connectivity index (χ4v) is 3.56. The van der Waals surface area contributed by atoms with Crippen LogP contribution in [0.4, 0.5) is 5.69 Å². The molecule has 0 aliphatic rings.